The minimum atomic E-state index is -3.68. The average molecular weight is 377 g/mol. The number of piperidine rings is 1. The minimum absolute atomic E-state index is 0. The Labute approximate surface area is 149 Å². The molecule has 1 aromatic carbocycles. The Morgan fingerprint density at radius 1 is 1.42 bits per heavy atom. The normalized spacial score (nSPS) is 21.0. The molecule has 2 rings (SSSR count). The molecule has 1 saturated heterocycles. The van der Waals surface area contributed by atoms with Crippen LogP contribution < -0.4 is 10.0 Å². The molecule has 6 nitrogen and oxygen atoms in total. The van der Waals surface area contributed by atoms with Gasteiger partial charge in [0.05, 0.1) is 17.6 Å². The van der Waals surface area contributed by atoms with Gasteiger partial charge < -0.3 is 10.1 Å². The average Bonchev–Trinajstić information content (AvgIpc) is 2.53. The van der Waals surface area contributed by atoms with Crippen LogP contribution in [0.15, 0.2) is 23.1 Å². The van der Waals surface area contributed by atoms with E-state index in [4.69, 9.17) is 0 Å². The molecule has 1 aliphatic rings. The van der Waals surface area contributed by atoms with E-state index in [1.54, 1.807) is 19.1 Å². The number of halogens is 1. The molecule has 0 amide bonds. The number of esters is 1. The molecular weight excluding hydrogens is 352 g/mol. The predicted octanol–water partition coefficient (Wildman–Crippen LogP) is 1.87. The van der Waals surface area contributed by atoms with Crippen molar-refractivity contribution in [3.05, 3.63) is 29.3 Å². The number of sulfonamides is 1. The van der Waals surface area contributed by atoms with Gasteiger partial charge >= 0.3 is 5.97 Å². The minimum Gasteiger partial charge on any atom is -0.465 e. The fourth-order valence-corrected chi connectivity index (χ4v) is 4.22. The molecule has 1 atom stereocenters. The van der Waals surface area contributed by atoms with Gasteiger partial charge in [0, 0.05) is 13.1 Å². The molecule has 1 aromatic rings. The van der Waals surface area contributed by atoms with Crippen LogP contribution in [-0.4, -0.2) is 41.1 Å². The van der Waals surface area contributed by atoms with Crippen molar-refractivity contribution in [2.75, 3.05) is 26.7 Å². The number of carbonyl (C=O) groups is 1. The molecule has 0 aliphatic carbocycles. The SMILES string of the molecule is COC(=O)c1ccc(C)c(S(=O)(=O)NCC2(C)CCCNC2)c1.Cl. The highest BCUT2D eigenvalue weighted by Crippen LogP contribution is 2.25. The van der Waals surface area contributed by atoms with E-state index in [0.717, 1.165) is 25.9 Å². The van der Waals surface area contributed by atoms with Gasteiger partial charge in [-0.3, -0.25) is 0 Å². The van der Waals surface area contributed by atoms with Crippen LogP contribution in [0.2, 0.25) is 0 Å². The summed E-state index contributed by atoms with van der Waals surface area (Å²) in [6, 6.07) is 4.54. The summed E-state index contributed by atoms with van der Waals surface area (Å²) < 4.78 is 32.6. The highest BCUT2D eigenvalue weighted by molar-refractivity contribution is 7.89. The van der Waals surface area contributed by atoms with Crippen LogP contribution in [-0.2, 0) is 14.8 Å². The van der Waals surface area contributed by atoms with Gasteiger partial charge in [0.2, 0.25) is 10.0 Å². The lowest BCUT2D eigenvalue weighted by Gasteiger charge is -2.34. The fourth-order valence-electron chi connectivity index (χ4n) is 2.75. The third-order valence-corrected chi connectivity index (χ3v) is 5.82. The lowest BCUT2D eigenvalue weighted by atomic mass is 9.83. The van der Waals surface area contributed by atoms with E-state index < -0.39 is 16.0 Å². The van der Waals surface area contributed by atoms with Crippen LogP contribution >= 0.6 is 12.4 Å². The topological polar surface area (TPSA) is 84.5 Å². The number of ether oxygens (including phenoxy) is 1. The van der Waals surface area contributed by atoms with Gasteiger partial charge in [0.25, 0.3) is 0 Å². The Morgan fingerprint density at radius 3 is 2.71 bits per heavy atom. The van der Waals surface area contributed by atoms with Gasteiger partial charge in [-0.1, -0.05) is 13.0 Å². The van der Waals surface area contributed by atoms with Crippen LogP contribution in [0, 0.1) is 12.3 Å². The summed E-state index contributed by atoms with van der Waals surface area (Å²) in [5, 5.41) is 3.30. The summed E-state index contributed by atoms with van der Waals surface area (Å²) in [6.07, 6.45) is 2.01. The van der Waals surface area contributed by atoms with Gasteiger partial charge in [-0.25, -0.2) is 17.9 Å². The molecule has 0 radical (unpaired) electrons. The van der Waals surface area contributed by atoms with Crippen molar-refractivity contribution < 1.29 is 17.9 Å². The van der Waals surface area contributed by atoms with Crippen molar-refractivity contribution in [1.29, 1.82) is 0 Å². The predicted molar refractivity (Wildman–Crippen MR) is 95.2 cm³/mol. The number of benzene rings is 1. The molecule has 0 aromatic heterocycles. The molecule has 1 unspecified atom stereocenters. The Morgan fingerprint density at radius 2 is 2.12 bits per heavy atom. The van der Waals surface area contributed by atoms with E-state index in [-0.39, 0.29) is 28.3 Å². The number of methoxy groups -OCH3 is 1. The first kappa shape index (κ1) is 20.9. The number of nitrogens with one attached hydrogen (secondary N) is 2. The van der Waals surface area contributed by atoms with Gasteiger partial charge in [-0.2, -0.15) is 0 Å². The van der Waals surface area contributed by atoms with Crippen molar-refractivity contribution >= 4 is 28.4 Å². The van der Waals surface area contributed by atoms with E-state index in [1.807, 2.05) is 0 Å². The number of hydrogen-bond acceptors (Lipinski definition) is 5. The second kappa shape index (κ2) is 8.29. The summed E-state index contributed by atoms with van der Waals surface area (Å²) in [5.41, 5.74) is 0.722. The smallest absolute Gasteiger partial charge is 0.337 e. The monoisotopic (exact) mass is 376 g/mol. The second-order valence-electron chi connectivity index (χ2n) is 6.39. The number of hydrogen-bond donors (Lipinski definition) is 2. The summed E-state index contributed by atoms with van der Waals surface area (Å²) in [7, 11) is -2.41. The molecule has 0 spiro atoms. The maximum atomic E-state index is 12.6. The molecule has 136 valence electrons. The molecule has 0 saturated carbocycles. The quantitative estimate of drug-likeness (QED) is 0.766. The van der Waals surface area contributed by atoms with Crippen LogP contribution in [0.3, 0.4) is 0 Å². The number of aryl methyl sites for hydroxylation is 1. The molecule has 1 aliphatic heterocycles. The lowest BCUT2D eigenvalue weighted by molar-refractivity contribution is 0.0600. The first-order chi connectivity index (χ1) is 10.8. The van der Waals surface area contributed by atoms with Crippen LogP contribution in [0.25, 0.3) is 0 Å². The largest absolute Gasteiger partial charge is 0.465 e. The van der Waals surface area contributed by atoms with Gasteiger partial charge in [0.15, 0.2) is 0 Å². The zero-order chi connectivity index (χ0) is 17.1. The Balaban J connectivity index is 0.00000288. The molecule has 8 heteroatoms. The van der Waals surface area contributed by atoms with Crippen LogP contribution in [0.1, 0.15) is 35.7 Å². The zero-order valence-corrected chi connectivity index (χ0v) is 15.9. The van der Waals surface area contributed by atoms with E-state index in [0.29, 0.717) is 12.1 Å². The summed E-state index contributed by atoms with van der Waals surface area (Å²) >= 11 is 0. The van der Waals surface area contributed by atoms with Crippen LogP contribution in [0.4, 0.5) is 0 Å². The lowest BCUT2D eigenvalue weighted by Crippen LogP contribution is -2.45. The standard InChI is InChI=1S/C16H24N2O4S.ClH/c1-12-5-6-13(15(19)22-3)9-14(12)23(20,21)18-11-16(2)7-4-8-17-10-16;/h5-6,9,17-18H,4,7-8,10-11H2,1-3H3;1H. The summed E-state index contributed by atoms with van der Waals surface area (Å²) in [5.74, 6) is -0.551. The molecule has 2 N–H and O–H groups in total. The summed E-state index contributed by atoms with van der Waals surface area (Å²) in [4.78, 5) is 11.7. The molecule has 1 fully saturated rings. The molecule has 1 heterocycles. The Bertz CT molecular complexity index is 685. The molecule has 24 heavy (non-hydrogen) atoms. The highest BCUT2D eigenvalue weighted by Gasteiger charge is 2.29. The zero-order valence-electron chi connectivity index (χ0n) is 14.2. The van der Waals surface area contributed by atoms with E-state index in [9.17, 15) is 13.2 Å². The van der Waals surface area contributed by atoms with Crippen molar-refractivity contribution in [1.82, 2.24) is 10.0 Å². The molecule has 0 bridgehead atoms. The van der Waals surface area contributed by atoms with Crippen molar-refractivity contribution in [3.8, 4) is 0 Å². The van der Waals surface area contributed by atoms with Crippen molar-refractivity contribution in [3.63, 3.8) is 0 Å². The van der Waals surface area contributed by atoms with Crippen molar-refractivity contribution in [2.24, 2.45) is 5.41 Å². The first-order valence-corrected chi connectivity index (χ1v) is 9.15. The van der Waals surface area contributed by atoms with Gasteiger partial charge in [0.1, 0.15) is 0 Å². The second-order valence-corrected chi connectivity index (χ2v) is 8.12. The van der Waals surface area contributed by atoms with E-state index in [2.05, 4.69) is 21.7 Å². The Kier molecular flexibility index (Phi) is 7.22. The van der Waals surface area contributed by atoms with Gasteiger partial charge in [-0.15, -0.1) is 12.4 Å². The first-order valence-electron chi connectivity index (χ1n) is 7.67. The number of carbonyl (C=O) groups excluding carboxylic acids is 1. The number of rotatable bonds is 5. The third kappa shape index (κ3) is 4.92. The highest BCUT2D eigenvalue weighted by atomic mass is 35.5. The Hall–Kier alpha value is -1.15. The third-order valence-electron chi connectivity index (χ3n) is 4.27. The fraction of sp³-hybridized carbons (Fsp3) is 0.562. The van der Waals surface area contributed by atoms with E-state index in [1.165, 1.54) is 13.2 Å². The molecular formula is C16H25ClN2O4S. The van der Waals surface area contributed by atoms with Crippen LogP contribution in [0.5, 0.6) is 0 Å². The van der Waals surface area contributed by atoms with Crippen molar-refractivity contribution in [2.45, 2.75) is 31.6 Å². The van der Waals surface area contributed by atoms with E-state index >= 15 is 0 Å². The maximum absolute atomic E-state index is 12.6. The van der Waals surface area contributed by atoms with Gasteiger partial charge in [-0.05, 0) is 49.4 Å². The maximum Gasteiger partial charge on any atom is 0.337 e. The summed E-state index contributed by atoms with van der Waals surface area (Å²) in [6.45, 7) is 5.91.